The maximum Gasteiger partial charge on any atom is -1.00 e. The number of fused-ring (bicyclic) bond motifs is 3. The molecule has 0 radical (unpaired) electrons. The molecule has 1 atom stereocenters. The van der Waals surface area contributed by atoms with Gasteiger partial charge in [-0.05, 0) is 17.4 Å². The van der Waals surface area contributed by atoms with Crippen molar-refractivity contribution in [3.63, 3.8) is 0 Å². The number of hydrogen-bond donors (Lipinski definition) is 0. The van der Waals surface area contributed by atoms with E-state index in [-0.39, 0.29) is 35.6 Å². The fraction of sp³-hybridized carbons (Fsp3) is 0.528. The van der Waals surface area contributed by atoms with Crippen LogP contribution in [0.5, 0.6) is 0 Å². The normalized spacial score (nSPS) is 15.3. The molecule has 3 heteroatoms. The van der Waals surface area contributed by atoms with Crippen LogP contribution in [0.15, 0.2) is 48.1 Å². The summed E-state index contributed by atoms with van der Waals surface area (Å²) in [6.07, 6.45) is 11.5. The van der Waals surface area contributed by atoms with Crippen molar-refractivity contribution in [3.8, 4) is 11.1 Å². The summed E-state index contributed by atoms with van der Waals surface area (Å²) in [5.74, 6) is 0.587. The third kappa shape index (κ3) is 11.6. The van der Waals surface area contributed by atoms with Crippen LogP contribution in [-0.4, -0.2) is 3.21 Å². The zero-order chi connectivity index (χ0) is 28.2. The first kappa shape index (κ1) is 38.3. The Morgan fingerprint density at radius 1 is 0.846 bits per heavy atom. The minimum atomic E-state index is 0. The molecule has 1 unspecified atom stereocenters. The Labute approximate surface area is 268 Å². The van der Waals surface area contributed by atoms with Gasteiger partial charge in [-0.2, -0.15) is 41.0 Å². The summed E-state index contributed by atoms with van der Waals surface area (Å²) >= 11 is 1.55. The van der Waals surface area contributed by atoms with Crippen molar-refractivity contribution in [3.05, 3.63) is 82.5 Å². The molecule has 0 aromatic heterocycles. The van der Waals surface area contributed by atoms with Crippen molar-refractivity contribution in [2.45, 2.75) is 113 Å². The molecule has 0 amide bonds. The van der Waals surface area contributed by atoms with Crippen molar-refractivity contribution in [1.29, 1.82) is 0 Å². The molecule has 0 heterocycles. The zero-order valence-corrected chi connectivity index (χ0v) is 30.5. The van der Waals surface area contributed by atoms with Crippen molar-refractivity contribution in [2.24, 2.45) is 11.3 Å². The molecule has 0 fully saturated rings. The standard InChI is InChI=1S/C21H25.C12H19.C3H6.2ClH.Zr/c1-20(2,3)16-9-7-14-11-15-8-10-17(21(4,5)6)13-19(15)18(14)12-16;1-5-6-10-7-8-11(9-10)12(2,3)4;1-3-2;;;/h7,9-10,12-13H,11H2,1-6H3;8-10H,5-6H2,1-4H3;1-2H3;2*1H;/q2*-1;;;;+2/p-2. The number of halogens is 2. The van der Waals surface area contributed by atoms with Crippen LogP contribution in [0.3, 0.4) is 0 Å². The summed E-state index contributed by atoms with van der Waals surface area (Å²) < 4.78 is 1.51. The van der Waals surface area contributed by atoms with Gasteiger partial charge in [-0.1, -0.05) is 128 Å². The van der Waals surface area contributed by atoms with E-state index < -0.39 is 0 Å². The van der Waals surface area contributed by atoms with Gasteiger partial charge in [0.1, 0.15) is 0 Å². The molecule has 39 heavy (non-hydrogen) atoms. The van der Waals surface area contributed by atoms with Gasteiger partial charge < -0.3 is 24.8 Å². The van der Waals surface area contributed by atoms with Gasteiger partial charge in [0.15, 0.2) is 0 Å². The summed E-state index contributed by atoms with van der Waals surface area (Å²) in [5.41, 5.74) is 10.5. The Hall–Kier alpha value is -0.747. The van der Waals surface area contributed by atoms with Crippen LogP contribution in [0.1, 0.15) is 118 Å². The molecule has 2 aliphatic rings. The Morgan fingerprint density at radius 3 is 1.85 bits per heavy atom. The van der Waals surface area contributed by atoms with Gasteiger partial charge in [0.25, 0.3) is 0 Å². The quantitative estimate of drug-likeness (QED) is 0.368. The first-order valence-electron chi connectivity index (χ1n) is 14.0. The molecule has 0 spiro atoms. The largest absolute Gasteiger partial charge is 1.00 e. The summed E-state index contributed by atoms with van der Waals surface area (Å²) in [6, 6.07) is 15.1. The van der Waals surface area contributed by atoms with Gasteiger partial charge in [-0.15, -0.1) is 5.56 Å². The van der Waals surface area contributed by atoms with Crippen LogP contribution in [0, 0.1) is 23.5 Å². The average Bonchev–Trinajstić information content (AvgIpc) is 3.36. The molecule has 2 aromatic rings. The van der Waals surface area contributed by atoms with Crippen molar-refractivity contribution in [1.82, 2.24) is 0 Å². The van der Waals surface area contributed by atoms with E-state index in [1.54, 1.807) is 24.2 Å². The van der Waals surface area contributed by atoms with E-state index in [9.17, 15) is 0 Å². The molecule has 2 aliphatic carbocycles. The van der Waals surface area contributed by atoms with E-state index >= 15 is 0 Å². The molecular formula is C36H50Cl2Zr-2. The van der Waals surface area contributed by atoms with Crippen LogP contribution in [-0.2, 0) is 41.5 Å². The van der Waals surface area contributed by atoms with Gasteiger partial charge >= 0.3 is 41.3 Å². The summed E-state index contributed by atoms with van der Waals surface area (Å²) in [4.78, 5) is 0. The molecular weight excluding hydrogens is 595 g/mol. The van der Waals surface area contributed by atoms with E-state index in [0.29, 0.717) is 11.3 Å². The van der Waals surface area contributed by atoms with Crippen molar-refractivity contribution in [2.75, 3.05) is 0 Å². The first-order chi connectivity index (χ1) is 16.9. The fourth-order valence-corrected chi connectivity index (χ4v) is 4.44. The predicted molar refractivity (Wildman–Crippen MR) is 161 cm³/mol. The van der Waals surface area contributed by atoms with Crippen LogP contribution >= 0.6 is 0 Å². The molecule has 0 nitrogen and oxygen atoms in total. The number of hydrogen-bond acceptors (Lipinski definition) is 0. The molecule has 0 bridgehead atoms. The molecule has 0 saturated carbocycles. The molecule has 2 aromatic carbocycles. The molecule has 0 aliphatic heterocycles. The van der Waals surface area contributed by atoms with Gasteiger partial charge in [0.2, 0.25) is 0 Å². The van der Waals surface area contributed by atoms with Gasteiger partial charge in [0.05, 0.1) is 0 Å². The number of benzene rings is 2. The Kier molecular flexibility index (Phi) is 15.2. The Morgan fingerprint density at radius 2 is 1.38 bits per heavy atom. The summed E-state index contributed by atoms with van der Waals surface area (Å²) in [6.45, 7) is 26.9. The Bertz CT molecular complexity index is 1080. The topological polar surface area (TPSA) is 0 Å². The van der Waals surface area contributed by atoms with Crippen LogP contribution in [0.25, 0.3) is 11.1 Å². The Balaban J connectivity index is 0.000000687. The van der Waals surface area contributed by atoms with Crippen LogP contribution in [0.2, 0.25) is 0 Å². The van der Waals surface area contributed by atoms with E-state index in [1.165, 1.54) is 55.0 Å². The molecule has 0 saturated heterocycles. The predicted octanol–water partition coefficient (Wildman–Crippen LogP) is 4.15. The zero-order valence-electron chi connectivity index (χ0n) is 26.5. The number of rotatable bonds is 2. The second-order valence-corrected chi connectivity index (χ2v) is 16.4. The van der Waals surface area contributed by atoms with Gasteiger partial charge in [-0.3, -0.25) is 6.08 Å². The molecule has 4 rings (SSSR count). The second-order valence-electron chi connectivity index (χ2n) is 13.9. The van der Waals surface area contributed by atoms with Crippen LogP contribution < -0.4 is 24.8 Å². The fourth-order valence-electron chi connectivity index (χ4n) is 4.44. The molecule has 214 valence electrons. The summed E-state index contributed by atoms with van der Waals surface area (Å²) in [7, 11) is 0. The van der Waals surface area contributed by atoms with Gasteiger partial charge in [0, 0.05) is 0 Å². The third-order valence-corrected chi connectivity index (χ3v) is 6.83. The van der Waals surface area contributed by atoms with E-state index in [1.807, 2.05) is 0 Å². The monoisotopic (exact) mass is 642 g/mol. The summed E-state index contributed by atoms with van der Waals surface area (Å²) in [5, 5.41) is 0. The maximum absolute atomic E-state index is 3.53. The van der Waals surface area contributed by atoms with Crippen molar-refractivity contribution < 1.29 is 49.0 Å². The van der Waals surface area contributed by atoms with E-state index in [0.717, 1.165) is 6.42 Å². The maximum atomic E-state index is 3.53. The van der Waals surface area contributed by atoms with Gasteiger partial charge in [-0.25, -0.2) is 6.08 Å². The first-order valence-corrected chi connectivity index (χ1v) is 15.2. The average molecular weight is 645 g/mol. The smallest absolute Gasteiger partial charge is 1.00 e. The SMILES string of the molecule is CC(C)(C)c1c[c-]c2c(c1)-c1cc(C(C)(C)C)ccc1C2.CCCC1[C-]=CC(C(C)(C)C)=C1.C[C](C)=[Zr+2].[Cl-].[Cl-]. The van der Waals surface area contributed by atoms with E-state index in [4.69, 9.17) is 0 Å². The van der Waals surface area contributed by atoms with Crippen molar-refractivity contribution >= 4 is 3.21 Å². The minimum Gasteiger partial charge on any atom is -1.00 e. The van der Waals surface area contributed by atoms with Crippen LogP contribution in [0.4, 0.5) is 0 Å². The number of allylic oxidation sites excluding steroid dienone is 4. The minimum absolute atomic E-state index is 0. The molecule has 0 N–H and O–H groups in total. The van der Waals surface area contributed by atoms with E-state index in [2.05, 4.69) is 138 Å². The second kappa shape index (κ2) is 15.5. The third-order valence-electron chi connectivity index (χ3n) is 6.83.